The number of methoxy groups -OCH3 is 1. The summed E-state index contributed by atoms with van der Waals surface area (Å²) in [7, 11) is 1.36. The Bertz CT molecular complexity index is 967. The average Bonchev–Trinajstić information content (AvgIpc) is 3.25. The molecule has 32 heavy (non-hydrogen) atoms. The molecule has 3 heterocycles. The van der Waals surface area contributed by atoms with Crippen LogP contribution in [0.2, 0.25) is 0 Å². The molecule has 0 aliphatic carbocycles. The first-order chi connectivity index (χ1) is 15.4. The van der Waals surface area contributed by atoms with Gasteiger partial charge in [0.15, 0.2) is 0 Å². The number of piperazine rings is 1. The van der Waals surface area contributed by atoms with Gasteiger partial charge in [0.1, 0.15) is 12.1 Å². The van der Waals surface area contributed by atoms with E-state index in [2.05, 4.69) is 24.7 Å². The van der Waals surface area contributed by atoms with E-state index in [1.54, 1.807) is 11.4 Å². The van der Waals surface area contributed by atoms with Crippen LogP contribution in [0.1, 0.15) is 43.9 Å². The summed E-state index contributed by atoms with van der Waals surface area (Å²) in [6.45, 7) is 6.26. The Balaban J connectivity index is 1.67. The SMILES string of the molecule is CCOC(=O)Cc1c(C)nc2ncnn2c1N1CCN(C(=O)CCCCC(=O)OC)CC1. The lowest BCUT2D eigenvalue weighted by Crippen LogP contribution is -2.49. The van der Waals surface area contributed by atoms with Crippen molar-refractivity contribution < 1.29 is 23.9 Å². The first kappa shape index (κ1) is 23.4. The third-order valence-electron chi connectivity index (χ3n) is 5.51. The minimum absolute atomic E-state index is 0.0816. The smallest absolute Gasteiger partial charge is 0.310 e. The standard InChI is InChI=1S/C21H30N6O5/c1-4-32-19(30)13-16-15(2)24-21-22-14-23-27(21)20(16)26-11-9-25(10-12-26)17(28)7-5-6-8-18(29)31-3/h14H,4-13H2,1-3H3. The zero-order valence-corrected chi connectivity index (χ0v) is 18.9. The molecule has 2 aromatic rings. The number of unbranched alkanes of at least 4 members (excludes halogenated alkanes) is 1. The van der Waals surface area contributed by atoms with Gasteiger partial charge in [-0.2, -0.15) is 14.6 Å². The van der Waals surface area contributed by atoms with Crippen LogP contribution >= 0.6 is 0 Å². The Kier molecular flexibility index (Phi) is 7.96. The fourth-order valence-electron chi connectivity index (χ4n) is 3.83. The highest BCUT2D eigenvalue weighted by Crippen LogP contribution is 2.25. The van der Waals surface area contributed by atoms with Crippen molar-refractivity contribution in [2.75, 3.05) is 44.8 Å². The van der Waals surface area contributed by atoms with E-state index in [0.717, 1.165) is 11.4 Å². The monoisotopic (exact) mass is 446 g/mol. The molecule has 11 nitrogen and oxygen atoms in total. The summed E-state index contributed by atoms with van der Waals surface area (Å²) >= 11 is 0. The Hall–Kier alpha value is -3.24. The number of fused-ring (bicyclic) bond motifs is 1. The third kappa shape index (κ3) is 5.51. The normalized spacial score (nSPS) is 14.0. The maximum atomic E-state index is 12.6. The van der Waals surface area contributed by atoms with Gasteiger partial charge < -0.3 is 19.3 Å². The van der Waals surface area contributed by atoms with Crippen LogP contribution in [0.15, 0.2) is 6.33 Å². The van der Waals surface area contributed by atoms with Crippen LogP contribution in [0.25, 0.3) is 5.78 Å². The number of esters is 2. The van der Waals surface area contributed by atoms with Crippen molar-refractivity contribution in [1.29, 1.82) is 0 Å². The number of ether oxygens (including phenoxy) is 2. The number of hydrogen-bond donors (Lipinski definition) is 0. The summed E-state index contributed by atoms with van der Waals surface area (Å²) in [4.78, 5) is 48.6. The van der Waals surface area contributed by atoms with Gasteiger partial charge in [-0.25, -0.2) is 4.98 Å². The second kappa shape index (κ2) is 10.9. The van der Waals surface area contributed by atoms with E-state index >= 15 is 0 Å². The van der Waals surface area contributed by atoms with Gasteiger partial charge in [-0.05, 0) is 26.7 Å². The van der Waals surface area contributed by atoms with Crippen LogP contribution in [-0.2, 0) is 30.3 Å². The highest BCUT2D eigenvalue weighted by Gasteiger charge is 2.27. The number of aryl methyl sites for hydroxylation is 1. The van der Waals surface area contributed by atoms with Crippen molar-refractivity contribution >= 4 is 29.4 Å². The van der Waals surface area contributed by atoms with Crippen LogP contribution in [0.4, 0.5) is 5.82 Å². The van der Waals surface area contributed by atoms with Gasteiger partial charge in [0.2, 0.25) is 5.91 Å². The Morgan fingerprint density at radius 2 is 1.78 bits per heavy atom. The van der Waals surface area contributed by atoms with Gasteiger partial charge in [0.05, 0.1) is 20.1 Å². The van der Waals surface area contributed by atoms with E-state index in [1.165, 1.54) is 13.4 Å². The van der Waals surface area contributed by atoms with E-state index in [9.17, 15) is 14.4 Å². The number of aromatic nitrogens is 4. The molecule has 1 aliphatic rings. The largest absolute Gasteiger partial charge is 0.469 e. The lowest BCUT2D eigenvalue weighted by atomic mass is 10.1. The molecule has 0 aromatic carbocycles. The molecule has 1 amide bonds. The molecule has 11 heteroatoms. The Labute approximate surface area is 186 Å². The zero-order chi connectivity index (χ0) is 23.1. The first-order valence-corrected chi connectivity index (χ1v) is 10.9. The van der Waals surface area contributed by atoms with Gasteiger partial charge in [0.25, 0.3) is 5.78 Å². The van der Waals surface area contributed by atoms with Crippen molar-refractivity contribution in [2.24, 2.45) is 0 Å². The van der Waals surface area contributed by atoms with Gasteiger partial charge >= 0.3 is 11.9 Å². The molecule has 0 saturated carbocycles. The fourth-order valence-corrected chi connectivity index (χ4v) is 3.83. The summed E-state index contributed by atoms with van der Waals surface area (Å²) in [5.41, 5.74) is 1.46. The summed E-state index contributed by atoms with van der Waals surface area (Å²) in [5.74, 6) is 0.742. The summed E-state index contributed by atoms with van der Waals surface area (Å²) in [6.07, 6.45) is 3.56. The second-order valence-corrected chi connectivity index (χ2v) is 7.60. The van der Waals surface area contributed by atoms with Gasteiger partial charge in [-0.3, -0.25) is 14.4 Å². The molecule has 1 fully saturated rings. The topological polar surface area (TPSA) is 119 Å². The van der Waals surface area contributed by atoms with Crippen molar-refractivity contribution in [3.8, 4) is 0 Å². The van der Waals surface area contributed by atoms with Crippen LogP contribution < -0.4 is 4.90 Å². The minimum atomic E-state index is -0.320. The number of nitrogens with zero attached hydrogens (tertiary/aromatic N) is 6. The maximum Gasteiger partial charge on any atom is 0.310 e. The molecule has 3 rings (SSSR count). The average molecular weight is 447 g/mol. The Morgan fingerprint density at radius 1 is 1.06 bits per heavy atom. The van der Waals surface area contributed by atoms with E-state index in [1.807, 2.05) is 11.8 Å². The Morgan fingerprint density at radius 3 is 2.47 bits per heavy atom. The zero-order valence-electron chi connectivity index (χ0n) is 18.9. The van der Waals surface area contributed by atoms with Crippen molar-refractivity contribution in [1.82, 2.24) is 24.5 Å². The maximum absolute atomic E-state index is 12.6. The van der Waals surface area contributed by atoms with E-state index < -0.39 is 0 Å². The molecular formula is C21H30N6O5. The van der Waals surface area contributed by atoms with Gasteiger partial charge in [0, 0.05) is 50.3 Å². The molecule has 0 bridgehead atoms. The summed E-state index contributed by atoms with van der Waals surface area (Å²) in [6, 6.07) is 0. The first-order valence-electron chi connectivity index (χ1n) is 10.9. The van der Waals surface area contributed by atoms with Crippen molar-refractivity contribution in [3.05, 3.63) is 17.6 Å². The molecule has 1 aliphatic heterocycles. The number of hydrogen-bond acceptors (Lipinski definition) is 9. The quantitative estimate of drug-likeness (QED) is 0.409. The van der Waals surface area contributed by atoms with Gasteiger partial charge in [-0.15, -0.1) is 0 Å². The second-order valence-electron chi connectivity index (χ2n) is 7.60. The number of carbonyl (C=O) groups excluding carboxylic acids is 3. The predicted octanol–water partition coefficient (Wildman–Crippen LogP) is 0.920. The molecule has 2 aromatic heterocycles. The highest BCUT2D eigenvalue weighted by atomic mass is 16.5. The lowest BCUT2D eigenvalue weighted by Gasteiger charge is -2.37. The van der Waals surface area contributed by atoms with Crippen molar-refractivity contribution in [3.63, 3.8) is 0 Å². The van der Waals surface area contributed by atoms with Crippen LogP contribution in [-0.4, -0.2) is 82.2 Å². The van der Waals surface area contributed by atoms with Crippen LogP contribution in [0.5, 0.6) is 0 Å². The van der Waals surface area contributed by atoms with Crippen LogP contribution in [0.3, 0.4) is 0 Å². The molecule has 0 unspecified atom stereocenters. The fraction of sp³-hybridized carbons (Fsp3) is 0.619. The third-order valence-corrected chi connectivity index (χ3v) is 5.51. The summed E-state index contributed by atoms with van der Waals surface area (Å²) in [5, 5.41) is 4.31. The molecule has 0 radical (unpaired) electrons. The number of amides is 1. The van der Waals surface area contributed by atoms with Crippen molar-refractivity contribution in [2.45, 2.75) is 46.0 Å². The van der Waals surface area contributed by atoms with E-state index in [-0.39, 0.29) is 24.3 Å². The lowest BCUT2D eigenvalue weighted by molar-refractivity contribution is -0.142. The number of anilines is 1. The summed E-state index contributed by atoms with van der Waals surface area (Å²) < 4.78 is 11.4. The molecule has 1 saturated heterocycles. The predicted molar refractivity (Wildman–Crippen MR) is 115 cm³/mol. The molecule has 0 atom stereocenters. The number of rotatable bonds is 9. The number of carbonyl (C=O) groups is 3. The minimum Gasteiger partial charge on any atom is -0.469 e. The molecular weight excluding hydrogens is 416 g/mol. The highest BCUT2D eigenvalue weighted by molar-refractivity contribution is 5.77. The van der Waals surface area contributed by atoms with E-state index in [4.69, 9.17) is 4.74 Å². The molecule has 0 N–H and O–H groups in total. The van der Waals surface area contributed by atoms with Crippen LogP contribution in [0, 0.1) is 6.92 Å². The molecule has 0 spiro atoms. The molecule has 174 valence electrons. The van der Waals surface area contributed by atoms with E-state index in [0.29, 0.717) is 69.9 Å². The van der Waals surface area contributed by atoms with Gasteiger partial charge in [-0.1, -0.05) is 0 Å².